The van der Waals surface area contributed by atoms with E-state index in [2.05, 4.69) is 16.6 Å². The normalized spacial score (nSPS) is 17.3. The number of rotatable bonds is 5. The van der Waals surface area contributed by atoms with Crippen molar-refractivity contribution in [1.29, 1.82) is 0 Å². The number of anilines is 2. The van der Waals surface area contributed by atoms with E-state index in [1.54, 1.807) is 0 Å². The molecule has 0 aromatic carbocycles. The third-order valence-electron chi connectivity index (χ3n) is 3.69. The molecule has 1 heterocycles. The van der Waals surface area contributed by atoms with Gasteiger partial charge >= 0.3 is 5.97 Å². The Balaban J connectivity index is 2.05. The third kappa shape index (κ3) is 3.12. The summed E-state index contributed by atoms with van der Waals surface area (Å²) in [5.41, 5.74) is 6.33. The Morgan fingerprint density at radius 2 is 2.26 bits per heavy atom. The number of nitrogens with zero attached hydrogens (tertiary/aromatic N) is 1. The third-order valence-corrected chi connectivity index (χ3v) is 5.11. The summed E-state index contributed by atoms with van der Waals surface area (Å²) in [6.07, 6.45) is 8.41. The number of aromatic nitrogens is 1. The Hall–Kier alpha value is -1.43. The number of aromatic carboxylic acids is 1. The van der Waals surface area contributed by atoms with Crippen molar-refractivity contribution in [3.63, 3.8) is 0 Å². The smallest absolute Gasteiger partial charge is 0.337 e. The van der Waals surface area contributed by atoms with E-state index in [9.17, 15) is 4.79 Å². The lowest BCUT2D eigenvalue weighted by Crippen LogP contribution is -2.30. The molecule has 19 heavy (non-hydrogen) atoms. The summed E-state index contributed by atoms with van der Waals surface area (Å²) < 4.78 is 0.263. The molecule has 1 aliphatic carbocycles. The lowest BCUT2D eigenvalue weighted by Gasteiger charge is -2.27. The maximum absolute atomic E-state index is 10.8. The summed E-state index contributed by atoms with van der Waals surface area (Å²) in [7, 11) is 0. The van der Waals surface area contributed by atoms with Gasteiger partial charge in [0.25, 0.3) is 0 Å². The molecule has 0 radical (unpaired) electrons. The number of nitrogens with two attached hydrogens (primary N) is 1. The molecule has 0 atom stereocenters. The van der Waals surface area contributed by atoms with Gasteiger partial charge in [0.15, 0.2) is 0 Å². The highest BCUT2D eigenvalue weighted by molar-refractivity contribution is 8.00. The number of carbonyl (C=O) groups is 1. The second kappa shape index (κ2) is 5.69. The SMILES string of the molecule is CSC1(CNc2ncc(C(=O)O)cc2N)CCCC1. The van der Waals surface area contributed by atoms with Gasteiger partial charge in [0, 0.05) is 17.5 Å². The number of hydrogen-bond acceptors (Lipinski definition) is 5. The quantitative estimate of drug-likeness (QED) is 0.768. The summed E-state index contributed by atoms with van der Waals surface area (Å²) in [5.74, 6) is -0.438. The zero-order valence-corrected chi connectivity index (χ0v) is 11.8. The van der Waals surface area contributed by atoms with Crippen LogP contribution in [0.25, 0.3) is 0 Å². The predicted molar refractivity (Wildman–Crippen MR) is 78.8 cm³/mol. The van der Waals surface area contributed by atoms with Crippen LogP contribution in [0.2, 0.25) is 0 Å². The van der Waals surface area contributed by atoms with Gasteiger partial charge < -0.3 is 16.2 Å². The van der Waals surface area contributed by atoms with Gasteiger partial charge in [-0.1, -0.05) is 12.8 Å². The average molecular weight is 281 g/mol. The number of carboxylic acid groups (broad SMARTS) is 1. The highest BCUT2D eigenvalue weighted by Gasteiger charge is 2.32. The molecule has 1 aromatic rings. The van der Waals surface area contributed by atoms with Gasteiger partial charge in [-0.2, -0.15) is 11.8 Å². The number of nitrogens with one attached hydrogen (secondary N) is 1. The van der Waals surface area contributed by atoms with Crippen molar-refractivity contribution in [3.05, 3.63) is 17.8 Å². The average Bonchev–Trinajstić information content (AvgIpc) is 2.86. The van der Waals surface area contributed by atoms with Crippen LogP contribution < -0.4 is 11.1 Å². The number of hydrogen-bond donors (Lipinski definition) is 3. The van der Waals surface area contributed by atoms with E-state index in [-0.39, 0.29) is 10.3 Å². The lowest BCUT2D eigenvalue weighted by atomic mass is 10.1. The zero-order chi connectivity index (χ0) is 13.9. The molecule has 0 bridgehead atoms. The molecule has 1 aromatic heterocycles. The minimum Gasteiger partial charge on any atom is -0.478 e. The Bertz CT molecular complexity index is 473. The van der Waals surface area contributed by atoms with E-state index in [0.717, 1.165) is 6.54 Å². The number of carboxylic acids is 1. The van der Waals surface area contributed by atoms with Crippen molar-refractivity contribution in [2.75, 3.05) is 23.9 Å². The maximum atomic E-state index is 10.8. The number of thioether (sulfide) groups is 1. The van der Waals surface area contributed by atoms with E-state index in [1.165, 1.54) is 37.9 Å². The van der Waals surface area contributed by atoms with Crippen molar-refractivity contribution in [2.24, 2.45) is 0 Å². The van der Waals surface area contributed by atoms with Crippen molar-refractivity contribution in [3.8, 4) is 0 Å². The molecule has 1 saturated carbocycles. The standard InChI is InChI=1S/C13H19N3O2S/c1-19-13(4-2-3-5-13)8-16-11-10(14)6-9(7-15-11)12(17)18/h6-7H,2-5,8,14H2,1H3,(H,15,16)(H,17,18). The van der Waals surface area contributed by atoms with Crippen LogP contribution in [-0.4, -0.2) is 33.6 Å². The highest BCUT2D eigenvalue weighted by atomic mass is 32.2. The Kier molecular flexibility index (Phi) is 4.19. The lowest BCUT2D eigenvalue weighted by molar-refractivity contribution is 0.0696. The van der Waals surface area contributed by atoms with Gasteiger partial charge in [0.05, 0.1) is 11.3 Å². The second-order valence-electron chi connectivity index (χ2n) is 4.91. The Morgan fingerprint density at radius 1 is 1.58 bits per heavy atom. The molecule has 6 heteroatoms. The number of nitrogen functional groups attached to an aromatic ring is 1. The summed E-state index contributed by atoms with van der Waals surface area (Å²) in [6.45, 7) is 0.817. The fraction of sp³-hybridized carbons (Fsp3) is 0.538. The first-order valence-corrected chi connectivity index (χ1v) is 7.57. The first-order chi connectivity index (χ1) is 9.06. The van der Waals surface area contributed by atoms with Gasteiger partial charge in [0.1, 0.15) is 5.82 Å². The fourth-order valence-corrected chi connectivity index (χ4v) is 3.38. The molecule has 104 valence electrons. The summed E-state index contributed by atoms with van der Waals surface area (Å²) >= 11 is 1.89. The fourth-order valence-electron chi connectivity index (χ4n) is 2.46. The van der Waals surface area contributed by atoms with Crippen LogP contribution in [0.5, 0.6) is 0 Å². The van der Waals surface area contributed by atoms with Crippen molar-refractivity contribution in [2.45, 2.75) is 30.4 Å². The van der Waals surface area contributed by atoms with Gasteiger partial charge in [-0.15, -0.1) is 0 Å². The summed E-state index contributed by atoms with van der Waals surface area (Å²) in [4.78, 5) is 14.9. The van der Waals surface area contributed by atoms with Crippen LogP contribution in [-0.2, 0) is 0 Å². The van der Waals surface area contributed by atoms with Gasteiger partial charge in [-0.05, 0) is 25.2 Å². The molecule has 0 unspecified atom stereocenters. The molecular formula is C13H19N3O2S. The van der Waals surface area contributed by atoms with Crippen LogP contribution in [0.1, 0.15) is 36.0 Å². The molecule has 2 rings (SSSR count). The monoisotopic (exact) mass is 281 g/mol. The highest BCUT2D eigenvalue weighted by Crippen LogP contribution is 2.40. The predicted octanol–water partition coefficient (Wildman–Crippen LogP) is 2.45. The van der Waals surface area contributed by atoms with Crippen LogP contribution in [0, 0.1) is 0 Å². The molecule has 5 nitrogen and oxygen atoms in total. The first kappa shape index (κ1) is 14.0. The van der Waals surface area contributed by atoms with Crippen LogP contribution >= 0.6 is 11.8 Å². The van der Waals surface area contributed by atoms with E-state index in [0.29, 0.717) is 11.5 Å². The Labute approximate surface area is 117 Å². The maximum Gasteiger partial charge on any atom is 0.337 e. The minimum absolute atomic E-state index is 0.114. The van der Waals surface area contributed by atoms with E-state index in [4.69, 9.17) is 10.8 Å². The molecule has 0 amide bonds. The second-order valence-corrected chi connectivity index (χ2v) is 6.19. The van der Waals surface area contributed by atoms with Gasteiger partial charge in [-0.3, -0.25) is 0 Å². The first-order valence-electron chi connectivity index (χ1n) is 6.34. The van der Waals surface area contributed by atoms with Gasteiger partial charge in [-0.25, -0.2) is 9.78 Å². The molecular weight excluding hydrogens is 262 g/mol. The van der Waals surface area contributed by atoms with Crippen LogP contribution in [0.3, 0.4) is 0 Å². The van der Waals surface area contributed by atoms with E-state index < -0.39 is 5.97 Å². The minimum atomic E-state index is -1.01. The van der Waals surface area contributed by atoms with Crippen molar-refractivity contribution >= 4 is 29.2 Å². The van der Waals surface area contributed by atoms with E-state index >= 15 is 0 Å². The summed E-state index contributed by atoms with van der Waals surface area (Å²) in [6, 6.07) is 1.44. The van der Waals surface area contributed by atoms with Crippen molar-refractivity contribution < 1.29 is 9.90 Å². The molecule has 0 saturated heterocycles. The topological polar surface area (TPSA) is 88.2 Å². The van der Waals surface area contributed by atoms with Gasteiger partial charge in [0.2, 0.25) is 0 Å². The zero-order valence-electron chi connectivity index (χ0n) is 11.0. The number of pyridine rings is 1. The van der Waals surface area contributed by atoms with Crippen LogP contribution in [0.4, 0.5) is 11.5 Å². The van der Waals surface area contributed by atoms with E-state index in [1.807, 2.05) is 11.8 Å². The van der Waals surface area contributed by atoms with Crippen LogP contribution in [0.15, 0.2) is 12.3 Å². The molecule has 0 aliphatic heterocycles. The summed E-state index contributed by atoms with van der Waals surface area (Å²) in [5, 5.41) is 12.1. The molecule has 1 aliphatic rings. The molecule has 1 fully saturated rings. The van der Waals surface area contributed by atoms with Crippen molar-refractivity contribution in [1.82, 2.24) is 4.98 Å². The molecule has 0 spiro atoms. The largest absolute Gasteiger partial charge is 0.478 e. The Morgan fingerprint density at radius 3 is 2.79 bits per heavy atom. The molecule has 4 N–H and O–H groups in total.